The fraction of sp³-hybridized carbons (Fsp3) is 0.600. The van der Waals surface area contributed by atoms with Gasteiger partial charge in [0.15, 0.2) is 4.90 Å². The van der Waals surface area contributed by atoms with E-state index in [4.69, 9.17) is 9.88 Å². The van der Waals surface area contributed by atoms with Gasteiger partial charge in [-0.15, -0.1) is 5.14 Å². The molecule has 1 saturated heterocycles. The fourth-order valence-corrected chi connectivity index (χ4v) is 4.14. The van der Waals surface area contributed by atoms with Crippen molar-refractivity contribution in [3.8, 4) is 0 Å². The van der Waals surface area contributed by atoms with Crippen molar-refractivity contribution in [1.29, 1.82) is 0 Å². The third-order valence-corrected chi connectivity index (χ3v) is 5.69. The molecule has 7 nitrogen and oxygen atoms in total. The maximum atomic E-state index is 11.3. The van der Waals surface area contributed by atoms with Crippen molar-refractivity contribution in [3.63, 3.8) is 0 Å². The Balaban J connectivity index is 1.59. The summed E-state index contributed by atoms with van der Waals surface area (Å²) in [6.45, 7) is 2.42. The first-order chi connectivity index (χ1) is 11.0. The molecule has 1 atom stereocenters. The number of nitrogens with two attached hydrogens (primary N) is 1. The highest BCUT2D eigenvalue weighted by Gasteiger charge is 2.44. The van der Waals surface area contributed by atoms with Gasteiger partial charge < -0.3 is 14.6 Å². The van der Waals surface area contributed by atoms with E-state index in [0.717, 1.165) is 38.9 Å². The second-order valence-electron chi connectivity index (χ2n) is 6.50. The molecule has 1 unspecified atom stereocenters. The van der Waals surface area contributed by atoms with Crippen molar-refractivity contribution in [2.24, 2.45) is 16.5 Å². The van der Waals surface area contributed by atoms with E-state index < -0.39 is 16.3 Å². The molecule has 23 heavy (non-hydrogen) atoms. The Hall–Kier alpha value is -1.35. The number of nitrogens with zero attached hydrogens (tertiary/aromatic N) is 1. The van der Waals surface area contributed by atoms with Crippen molar-refractivity contribution < 1.29 is 14.2 Å². The first kappa shape index (κ1) is 16.5. The molecule has 0 aromatic heterocycles. The summed E-state index contributed by atoms with van der Waals surface area (Å²) in [6.07, 6.45) is 4.56. The summed E-state index contributed by atoms with van der Waals surface area (Å²) >= 11 is -1.72. The zero-order valence-corrected chi connectivity index (χ0v) is 13.6. The van der Waals surface area contributed by atoms with Crippen LogP contribution in [0.25, 0.3) is 0 Å². The SMILES string of the molecule is N[S+]([O-])c1ccc(NCC2CC3(CCOCC3)C2)c([N+](=O)[O-])c1. The van der Waals surface area contributed by atoms with Gasteiger partial charge in [0.25, 0.3) is 5.69 Å². The van der Waals surface area contributed by atoms with Crippen molar-refractivity contribution in [1.82, 2.24) is 0 Å². The molecule has 0 amide bonds. The van der Waals surface area contributed by atoms with Crippen LogP contribution in [0.4, 0.5) is 11.4 Å². The van der Waals surface area contributed by atoms with E-state index in [2.05, 4.69) is 5.32 Å². The molecule has 1 saturated carbocycles. The Labute approximate surface area is 138 Å². The molecule has 1 aliphatic carbocycles. The van der Waals surface area contributed by atoms with Gasteiger partial charge in [-0.05, 0) is 49.1 Å². The standard InChI is InChI=1S/C15H21N3O4S/c16-23(21)12-1-2-13(14(7-12)18(19)20)17-10-11-8-15(9-11)3-5-22-6-4-15/h1-2,7,11,17H,3-6,8-10,16H2. The van der Waals surface area contributed by atoms with Gasteiger partial charge >= 0.3 is 0 Å². The number of nitro groups is 1. The number of benzene rings is 1. The van der Waals surface area contributed by atoms with Gasteiger partial charge in [-0.1, -0.05) is 0 Å². The summed E-state index contributed by atoms with van der Waals surface area (Å²) in [6, 6.07) is 4.42. The number of hydrogen-bond acceptors (Lipinski definition) is 6. The lowest BCUT2D eigenvalue weighted by molar-refractivity contribution is -0.384. The molecule has 2 aliphatic rings. The molecule has 3 rings (SSSR count). The number of nitro benzene ring substituents is 1. The van der Waals surface area contributed by atoms with Gasteiger partial charge in [0, 0.05) is 19.8 Å². The molecule has 1 spiro atoms. The maximum Gasteiger partial charge on any atom is 0.297 e. The molecule has 8 heteroatoms. The average Bonchev–Trinajstić information content (AvgIpc) is 2.51. The first-order valence-corrected chi connectivity index (χ1v) is 8.97. The highest BCUT2D eigenvalue weighted by molar-refractivity contribution is 7.89. The van der Waals surface area contributed by atoms with E-state index in [0.29, 0.717) is 23.6 Å². The number of anilines is 1. The van der Waals surface area contributed by atoms with Gasteiger partial charge in [0.05, 0.1) is 22.4 Å². The summed E-state index contributed by atoms with van der Waals surface area (Å²) in [5.74, 6) is 0.538. The number of hydrogen-bond donors (Lipinski definition) is 2. The van der Waals surface area contributed by atoms with Gasteiger partial charge in [-0.2, -0.15) is 0 Å². The average molecular weight is 339 g/mol. The van der Waals surface area contributed by atoms with E-state index in [9.17, 15) is 14.7 Å². The van der Waals surface area contributed by atoms with Crippen molar-refractivity contribution >= 4 is 22.7 Å². The van der Waals surface area contributed by atoms with Crippen molar-refractivity contribution in [2.45, 2.75) is 30.6 Å². The normalized spacial score (nSPS) is 21.7. The third kappa shape index (κ3) is 3.60. The molecular formula is C15H21N3O4S. The number of nitrogens with one attached hydrogen (secondary N) is 1. The number of rotatable bonds is 5. The second kappa shape index (κ2) is 6.64. The lowest BCUT2D eigenvalue weighted by Crippen LogP contribution is -2.44. The second-order valence-corrected chi connectivity index (χ2v) is 7.57. The third-order valence-electron chi connectivity index (χ3n) is 4.98. The van der Waals surface area contributed by atoms with E-state index in [1.165, 1.54) is 6.07 Å². The summed E-state index contributed by atoms with van der Waals surface area (Å²) in [7, 11) is 0. The minimum Gasteiger partial charge on any atom is -0.593 e. The largest absolute Gasteiger partial charge is 0.593 e. The van der Waals surface area contributed by atoms with Crippen LogP contribution in [0.3, 0.4) is 0 Å². The van der Waals surface area contributed by atoms with Crippen LogP contribution in [-0.2, 0) is 16.1 Å². The minimum absolute atomic E-state index is 0.0820. The zero-order chi connectivity index (χ0) is 16.4. The van der Waals surface area contributed by atoms with E-state index in [-0.39, 0.29) is 10.6 Å². The summed E-state index contributed by atoms with van der Waals surface area (Å²) in [5.41, 5.74) is 0.815. The molecule has 0 radical (unpaired) electrons. The maximum absolute atomic E-state index is 11.3. The van der Waals surface area contributed by atoms with Crippen LogP contribution in [0, 0.1) is 21.4 Å². The Bertz CT molecular complexity index is 582. The highest BCUT2D eigenvalue weighted by atomic mass is 32.2. The van der Waals surface area contributed by atoms with Gasteiger partial charge in [0.1, 0.15) is 5.69 Å². The summed E-state index contributed by atoms with van der Waals surface area (Å²) in [5, 5.41) is 19.6. The molecule has 0 bridgehead atoms. The molecule has 3 N–H and O–H groups in total. The van der Waals surface area contributed by atoms with Crippen LogP contribution in [0.1, 0.15) is 25.7 Å². The molecule has 1 aromatic carbocycles. The van der Waals surface area contributed by atoms with E-state index in [1.807, 2.05) is 0 Å². The van der Waals surface area contributed by atoms with Gasteiger partial charge in [-0.3, -0.25) is 10.1 Å². The minimum atomic E-state index is -1.72. The molecular weight excluding hydrogens is 318 g/mol. The molecule has 2 fully saturated rings. The lowest BCUT2D eigenvalue weighted by atomic mass is 9.58. The topological polar surface area (TPSA) is 113 Å². The Morgan fingerprint density at radius 3 is 2.70 bits per heavy atom. The van der Waals surface area contributed by atoms with Crippen LogP contribution < -0.4 is 10.5 Å². The van der Waals surface area contributed by atoms with E-state index in [1.54, 1.807) is 12.1 Å². The first-order valence-electron chi connectivity index (χ1n) is 7.75. The Kier molecular flexibility index (Phi) is 4.77. The van der Waals surface area contributed by atoms with Gasteiger partial charge in [0.2, 0.25) is 0 Å². The zero-order valence-electron chi connectivity index (χ0n) is 12.8. The van der Waals surface area contributed by atoms with Crippen molar-refractivity contribution in [2.75, 3.05) is 25.1 Å². The molecule has 1 aliphatic heterocycles. The lowest BCUT2D eigenvalue weighted by Gasteiger charge is -2.50. The number of ether oxygens (including phenoxy) is 1. The van der Waals surface area contributed by atoms with Gasteiger partial charge in [-0.25, -0.2) is 0 Å². The van der Waals surface area contributed by atoms with Crippen LogP contribution >= 0.6 is 0 Å². The fourth-order valence-electron chi connectivity index (χ4n) is 3.71. The Morgan fingerprint density at radius 2 is 2.09 bits per heavy atom. The predicted molar refractivity (Wildman–Crippen MR) is 87.4 cm³/mol. The summed E-state index contributed by atoms with van der Waals surface area (Å²) in [4.78, 5) is 11.0. The quantitative estimate of drug-likeness (QED) is 0.483. The monoisotopic (exact) mass is 339 g/mol. The highest BCUT2D eigenvalue weighted by Crippen LogP contribution is 2.52. The van der Waals surface area contributed by atoms with E-state index >= 15 is 0 Å². The van der Waals surface area contributed by atoms with Crippen LogP contribution in [0.5, 0.6) is 0 Å². The van der Waals surface area contributed by atoms with Crippen LogP contribution in [0.2, 0.25) is 0 Å². The smallest absolute Gasteiger partial charge is 0.297 e. The van der Waals surface area contributed by atoms with Crippen molar-refractivity contribution in [3.05, 3.63) is 28.3 Å². The molecule has 1 heterocycles. The predicted octanol–water partition coefficient (Wildman–Crippen LogP) is 2.19. The molecule has 126 valence electrons. The molecule has 1 aromatic rings. The van der Waals surface area contributed by atoms with Crippen LogP contribution in [-0.4, -0.2) is 29.2 Å². The van der Waals surface area contributed by atoms with Crippen LogP contribution in [0.15, 0.2) is 23.1 Å². The Morgan fingerprint density at radius 1 is 1.39 bits per heavy atom. The summed E-state index contributed by atoms with van der Waals surface area (Å²) < 4.78 is 16.7.